The Morgan fingerprint density at radius 3 is 2.91 bits per heavy atom. The molecule has 1 aliphatic heterocycles. The van der Waals surface area contributed by atoms with Crippen molar-refractivity contribution in [3.8, 4) is 5.75 Å². The monoisotopic (exact) mass is 345 g/mol. The molecule has 0 spiro atoms. The predicted molar refractivity (Wildman–Crippen MR) is 87.6 cm³/mol. The molecular weight excluding hydrogens is 325 g/mol. The van der Waals surface area contributed by atoms with Crippen LogP contribution in [-0.4, -0.2) is 41.2 Å². The molecule has 1 saturated heterocycles. The van der Waals surface area contributed by atoms with Gasteiger partial charge in [0.1, 0.15) is 5.75 Å². The Balaban J connectivity index is 2.04. The lowest BCUT2D eigenvalue weighted by Crippen LogP contribution is -2.49. The van der Waals surface area contributed by atoms with Crippen LogP contribution in [0.25, 0.3) is 0 Å². The number of carbonyl (C=O) groups excluding carboxylic acids is 1. The molecule has 0 bridgehead atoms. The number of nitrogens with zero attached hydrogens (tertiary/aromatic N) is 1. The summed E-state index contributed by atoms with van der Waals surface area (Å²) >= 11 is 11.9. The topological polar surface area (TPSA) is 49.8 Å². The first-order valence-electron chi connectivity index (χ1n) is 7.56. The number of halogens is 2. The molecule has 1 N–H and O–H groups in total. The third-order valence-electron chi connectivity index (χ3n) is 3.92. The lowest BCUT2D eigenvalue weighted by molar-refractivity contribution is -0.142. The molecule has 1 fully saturated rings. The van der Waals surface area contributed by atoms with E-state index in [1.54, 1.807) is 25.1 Å². The van der Waals surface area contributed by atoms with Crippen LogP contribution in [0.2, 0.25) is 10.0 Å². The number of aliphatic hydroxyl groups is 1. The number of carbonyl (C=O) groups is 1. The third-order valence-corrected chi connectivity index (χ3v) is 4.45. The van der Waals surface area contributed by atoms with Crippen molar-refractivity contribution in [1.82, 2.24) is 4.90 Å². The van der Waals surface area contributed by atoms with Crippen LogP contribution in [0, 0.1) is 0 Å². The molecule has 22 heavy (non-hydrogen) atoms. The van der Waals surface area contributed by atoms with E-state index in [4.69, 9.17) is 33.0 Å². The molecule has 0 aromatic heterocycles. The summed E-state index contributed by atoms with van der Waals surface area (Å²) < 4.78 is 5.70. The zero-order valence-corrected chi connectivity index (χ0v) is 14.1. The third kappa shape index (κ3) is 4.28. The van der Waals surface area contributed by atoms with E-state index in [1.807, 2.05) is 4.90 Å². The standard InChI is InChI=1S/C16H21Cl2NO3/c1-11(22-15-6-5-12(17)10-14(15)18)16(21)19-8-3-2-4-13(19)7-9-20/h5-6,10-11,13,20H,2-4,7-9H2,1H3. The van der Waals surface area contributed by atoms with E-state index in [0.29, 0.717) is 28.8 Å². The van der Waals surface area contributed by atoms with Crippen LogP contribution in [0.5, 0.6) is 5.75 Å². The minimum atomic E-state index is -0.627. The molecule has 1 heterocycles. The van der Waals surface area contributed by atoms with E-state index in [-0.39, 0.29) is 18.6 Å². The number of aliphatic hydroxyl groups excluding tert-OH is 1. The van der Waals surface area contributed by atoms with Gasteiger partial charge in [-0.2, -0.15) is 0 Å². The number of likely N-dealkylation sites (tertiary alicyclic amines) is 1. The molecular formula is C16H21Cl2NO3. The zero-order chi connectivity index (χ0) is 16.1. The molecule has 1 amide bonds. The smallest absolute Gasteiger partial charge is 0.263 e. The molecule has 1 aromatic rings. The quantitative estimate of drug-likeness (QED) is 0.887. The van der Waals surface area contributed by atoms with Gasteiger partial charge in [0, 0.05) is 24.2 Å². The first-order valence-corrected chi connectivity index (χ1v) is 8.31. The number of rotatable bonds is 5. The predicted octanol–water partition coefficient (Wildman–Crippen LogP) is 3.52. The van der Waals surface area contributed by atoms with Gasteiger partial charge in [0.05, 0.1) is 5.02 Å². The van der Waals surface area contributed by atoms with Crippen LogP contribution in [-0.2, 0) is 4.79 Å². The molecule has 1 aliphatic rings. The highest BCUT2D eigenvalue weighted by Crippen LogP contribution is 2.29. The summed E-state index contributed by atoms with van der Waals surface area (Å²) in [7, 11) is 0. The molecule has 0 aliphatic carbocycles. The molecule has 2 atom stereocenters. The fraction of sp³-hybridized carbons (Fsp3) is 0.562. The largest absolute Gasteiger partial charge is 0.479 e. The van der Waals surface area contributed by atoms with Crippen molar-refractivity contribution in [1.29, 1.82) is 0 Å². The Morgan fingerprint density at radius 1 is 1.45 bits per heavy atom. The highest BCUT2D eigenvalue weighted by atomic mass is 35.5. The van der Waals surface area contributed by atoms with Crippen LogP contribution in [0.15, 0.2) is 18.2 Å². The zero-order valence-electron chi connectivity index (χ0n) is 12.6. The van der Waals surface area contributed by atoms with E-state index in [2.05, 4.69) is 0 Å². The SMILES string of the molecule is CC(Oc1ccc(Cl)cc1Cl)C(=O)N1CCCCC1CCO. The highest BCUT2D eigenvalue weighted by molar-refractivity contribution is 6.35. The Labute approximate surface area is 141 Å². The normalized spacial score (nSPS) is 19.8. The van der Waals surface area contributed by atoms with Gasteiger partial charge in [-0.15, -0.1) is 0 Å². The molecule has 0 radical (unpaired) electrons. The lowest BCUT2D eigenvalue weighted by atomic mass is 9.99. The van der Waals surface area contributed by atoms with Gasteiger partial charge in [-0.05, 0) is 50.8 Å². The van der Waals surface area contributed by atoms with E-state index >= 15 is 0 Å². The summed E-state index contributed by atoms with van der Waals surface area (Å²) in [5.74, 6) is 0.381. The number of benzene rings is 1. The maximum Gasteiger partial charge on any atom is 0.263 e. The number of amides is 1. The van der Waals surface area contributed by atoms with Crippen molar-refractivity contribution in [2.75, 3.05) is 13.2 Å². The Hall–Kier alpha value is -0.970. The molecule has 4 nitrogen and oxygen atoms in total. The van der Waals surface area contributed by atoms with E-state index in [0.717, 1.165) is 19.3 Å². The molecule has 122 valence electrons. The fourth-order valence-electron chi connectivity index (χ4n) is 2.79. The van der Waals surface area contributed by atoms with Gasteiger partial charge in [0.15, 0.2) is 6.10 Å². The highest BCUT2D eigenvalue weighted by Gasteiger charge is 2.30. The van der Waals surface area contributed by atoms with Gasteiger partial charge in [-0.3, -0.25) is 4.79 Å². The van der Waals surface area contributed by atoms with Gasteiger partial charge in [0.25, 0.3) is 5.91 Å². The number of hydrogen-bond acceptors (Lipinski definition) is 3. The summed E-state index contributed by atoms with van der Waals surface area (Å²) in [5, 5.41) is 10.1. The Bertz CT molecular complexity index is 522. The first kappa shape index (κ1) is 17.4. The maximum atomic E-state index is 12.6. The van der Waals surface area contributed by atoms with Gasteiger partial charge < -0.3 is 14.7 Å². The number of piperidine rings is 1. The van der Waals surface area contributed by atoms with Crippen LogP contribution < -0.4 is 4.74 Å². The minimum Gasteiger partial charge on any atom is -0.479 e. The van der Waals surface area contributed by atoms with Crippen molar-refractivity contribution < 1.29 is 14.6 Å². The fourth-order valence-corrected chi connectivity index (χ4v) is 3.24. The molecule has 2 rings (SSSR count). The first-order chi connectivity index (χ1) is 10.5. The van der Waals surface area contributed by atoms with Crippen LogP contribution in [0.3, 0.4) is 0 Å². The van der Waals surface area contributed by atoms with E-state index in [1.165, 1.54) is 0 Å². The number of ether oxygens (including phenoxy) is 1. The second kappa shape index (κ2) is 8.04. The van der Waals surface area contributed by atoms with Crippen LogP contribution in [0.1, 0.15) is 32.6 Å². The van der Waals surface area contributed by atoms with Crippen molar-refractivity contribution >= 4 is 29.1 Å². The lowest BCUT2D eigenvalue weighted by Gasteiger charge is -2.37. The minimum absolute atomic E-state index is 0.0656. The summed E-state index contributed by atoms with van der Waals surface area (Å²) in [6, 6.07) is 5.02. The van der Waals surface area contributed by atoms with Crippen molar-refractivity contribution in [3.63, 3.8) is 0 Å². The van der Waals surface area contributed by atoms with E-state index < -0.39 is 6.10 Å². The van der Waals surface area contributed by atoms with Gasteiger partial charge in [-0.1, -0.05) is 23.2 Å². The number of hydrogen-bond donors (Lipinski definition) is 1. The van der Waals surface area contributed by atoms with Crippen LogP contribution >= 0.6 is 23.2 Å². The average Bonchev–Trinajstić information content (AvgIpc) is 2.50. The summed E-state index contributed by atoms with van der Waals surface area (Å²) in [5.41, 5.74) is 0. The molecule has 0 saturated carbocycles. The van der Waals surface area contributed by atoms with Crippen molar-refractivity contribution in [2.24, 2.45) is 0 Å². The van der Waals surface area contributed by atoms with Gasteiger partial charge in [0.2, 0.25) is 0 Å². The second-order valence-corrected chi connectivity index (χ2v) is 6.37. The van der Waals surface area contributed by atoms with Gasteiger partial charge >= 0.3 is 0 Å². The maximum absolute atomic E-state index is 12.6. The van der Waals surface area contributed by atoms with E-state index in [9.17, 15) is 4.79 Å². The Morgan fingerprint density at radius 2 is 2.23 bits per heavy atom. The summed E-state index contributed by atoms with van der Waals surface area (Å²) in [6.07, 6.45) is 2.99. The molecule has 2 unspecified atom stereocenters. The average molecular weight is 346 g/mol. The second-order valence-electron chi connectivity index (χ2n) is 5.53. The Kier molecular flexibility index (Phi) is 6.36. The van der Waals surface area contributed by atoms with Crippen LogP contribution in [0.4, 0.5) is 0 Å². The van der Waals surface area contributed by atoms with Crippen molar-refractivity contribution in [2.45, 2.75) is 44.8 Å². The van der Waals surface area contributed by atoms with Gasteiger partial charge in [-0.25, -0.2) is 0 Å². The molecule has 6 heteroatoms. The summed E-state index contributed by atoms with van der Waals surface area (Å²) in [6.45, 7) is 2.52. The molecule has 1 aromatic carbocycles. The summed E-state index contributed by atoms with van der Waals surface area (Å²) in [4.78, 5) is 14.4. The van der Waals surface area contributed by atoms with Crippen molar-refractivity contribution in [3.05, 3.63) is 28.2 Å².